The minimum Gasteiger partial charge on any atom is -0.457 e. The first-order valence-corrected chi connectivity index (χ1v) is 10.4. The summed E-state index contributed by atoms with van der Waals surface area (Å²) in [6, 6.07) is 21.2. The summed E-state index contributed by atoms with van der Waals surface area (Å²) in [5.74, 6) is 1.24. The quantitative estimate of drug-likeness (QED) is 0.393. The Balaban J connectivity index is 1.40. The van der Waals surface area contributed by atoms with Crippen molar-refractivity contribution in [3.8, 4) is 22.8 Å². The molecule has 0 radical (unpaired) electrons. The average Bonchev–Trinajstić information content (AvgIpc) is 3.26. The molecule has 0 N–H and O–H groups in total. The van der Waals surface area contributed by atoms with E-state index in [1.807, 2.05) is 66.5 Å². The topological polar surface area (TPSA) is 61.9 Å². The van der Waals surface area contributed by atoms with Crippen LogP contribution in [-0.2, 0) is 20.0 Å². The lowest BCUT2D eigenvalue weighted by Crippen LogP contribution is -2.21. The first-order chi connectivity index (χ1) is 15.7. The molecular weight excluding hydrogens is 400 g/mol. The van der Waals surface area contributed by atoms with E-state index in [-0.39, 0.29) is 5.56 Å². The maximum Gasteiger partial charge on any atom is 0.261 e. The summed E-state index contributed by atoms with van der Waals surface area (Å²) in [7, 11) is 1.97. The van der Waals surface area contributed by atoms with Crippen LogP contribution >= 0.6 is 0 Å². The zero-order valence-electron chi connectivity index (χ0n) is 17.7. The molecule has 0 bridgehead atoms. The smallest absolute Gasteiger partial charge is 0.261 e. The number of benzene rings is 2. The van der Waals surface area contributed by atoms with Gasteiger partial charge in [-0.25, -0.2) is 4.98 Å². The van der Waals surface area contributed by atoms with Crippen molar-refractivity contribution in [2.24, 2.45) is 7.05 Å². The van der Waals surface area contributed by atoms with Crippen LogP contribution in [-0.4, -0.2) is 19.1 Å². The predicted octanol–water partition coefficient (Wildman–Crippen LogP) is 4.83. The fourth-order valence-corrected chi connectivity index (χ4v) is 3.68. The van der Waals surface area contributed by atoms with Crippen LogP contribution in [0, 0.1) is 0 Å². The van der Waals surface area contributed by atoms with Crippen molar-refractivity contribution < 1.29 is 4.74 Å². The molecule has 0 aliphatic heterocycles. The normalized spacial score (nSPS) is 11.0. The van der Waals surface area contributed by atoms with Gasteiger partial charge in [-0.2, -0.15) is 0 Å². The largest absolute Gasteiger partial charge is 0.457 e. The molecule has 0 fully saturated rings. The van der Waals surface area contributed by atoms with Crippen molar-refractivity contribution in [3.05, 3.63) is 108 Å². The van der Waals surface area contributed by atoms with E-state index in [9.17, 15) is 4.79 Å². The first kappa shape index (κ1) is 19.8. The standard InChI is InChI=1S/C26H22N4O2/c1-29-13-11-20(17-29)25-16-22(9-12-27-25)32-21-7-8-24-23(15-21)26(31)30(18-28-24)14-10-19-5-3-2-4-6-19/h2-9,11-13,15-18H,10,14H2,1H3. The van der Waals surface area contributed by atoms with Crippen LogP contribution in [0.5, 0.6) is 11.5 Å². The number of rotatable bonds is 6. The summed E-state index contributed by atoms with van der Waals surface area (Å²) in [6.45, 7) is 0.571. The molecule has 0 aliphatic rings. The summed E-state index contributed by atoms with van der Waals surface area (Å²) in [5.41, 5.74) is 3.60. The monoisotopic (exact) mass is 422 g/mol. The molecule has 5 aromatic rings. The molecule has 3 aromatic heterocycles. The molecule has 6 nitrogen and oxygen atoms in total. The lowest BCUT2D eigenvalue weighted by atomic mass is 10.1. The second kappa shape index (κ2) is 8.51. The highest BCUT2D eigenvalue weighted by Gasteiger charge is 2.08. The summed E-state index contributed by atoms with van der Waals surface area (Å²) in [5, 5.41) is 0.537. The second-order valence-electron chi connectivity index (χ2n) is 7.70. The van der Waals surface area contributed by atoms with Gasteiger partial charge in [-0.1, -0.05) is 30.3 Å². The Morgan fingerprint density at radius 3 is 2.59 bits per heavy atom. The zero-order chi connectivity index (χ0) is 21.9. The van der Waals surface area contributed by atoms with Gasteiger partial charge in [0.2, 0.25) is 0 Å². The van der Waals surface area contributed by atoms with Gasteiger partial charge in [-0.05, 0) is 42.3 Å². The molecule has 32 heavy (non-hydrogen) atoms. The highest BCUT2D eigenvalue weighted by molar-refractivity contribution is 5.79. The molecule has 0 saturated carbocycles. The number of fused-ring (bicyclic) bond motifs is 1. The number of nitrogens with zero attached hydrogens (tertiary/aromatic N) is 4. The van der Waals surface area contributed by atoms with Crippen LogP contribution in [0.4, 0.5) is 0 Å². The number of hydrogen-bond donors (Lipinski definition) is 0. The highest BCUT2D eigenvalue weighted by Crippen LogP contribution is 2.27. The van der Waals surface area contributed by atoms with E-state index in [0.717, 1.165) is 17.7 Å². The van der Waals surface area contributed by atoms with Crippen LogP contribution in [0.25, 0.3) is 22.2 Å². The molecule has 0 unspecified atom stereocenters. The molecule has 0 atom stereocenters. The second-order valence-corrected chi connectivity index (χ2v) is 7.70. The Morgan fingerprint density at radius 2 is 1.78 bits per heavy atom. The van der Waals surface area contributed by atoms with Crippen molar-refractivity contribution >= 4 is 10.9 Å². The molecular formula is C26H22N4O2. The third-order valence-electron chi connectivity index (χ3n) is 5.37. The zero-order valence-corrected chi connectivity index (χ0v) is 17.7. The van der Waals surface area contributed by atoms with E-state index < -0.39 is 0 Å². The maximum atomic E-state index is 13.1. The highest BCUT2D eigenvalue weighted by atomic mass is 16.5. The van der Waals surface area contributed by atoms with Crippen molar-refractivity contribution in [2.75, 3.05) is 0 Å². The maximum absolute atomic E-state index is 13.1. The molecule has 5 rings (SSSR count). The van der Waals surface area contributed by atoms with Gasteiger partial charge in [-0.15, -0.1) is 0 Å². The average molecular weight is 422 g/mol. The lowest BCUT2D eigenvalue weighted by Gasteiger charge is -2.09. The molecule has 6 heteroatoms. The fraction of sp³-hybridized carbons (Fsp3) is 0.115. The van der Waals surface area contributed by atoms with Crippen LogP contribution in [0.3, 0.4) is 0 Å². The number of aryl methyl sites for hydroxylation is 3. The number of ether oxygens (including phenoxy) is 1. The number of hydrogen-bond acceptors (Lipinski definition) is 4. The SMILES string of the molecule is Cn1ccc(-c2cc(Oc3ccc4ncn(CCc5ccccc5)c(=O)c4c3)ccn2)c1. The van der Waals surface area contributed by atoms with E-state index in [0.29, 0.717) is 28.9 Å². The number of pyridine rings is 1. The Bertz CT molecular complexity index is 1440. The fourth-order valence-electron chi connectivity index (χ4n) is 3.68. The van der Waals surface area contributed by atoms with Crippen molar-refractivity contribution in [1.29, 1.82) is 0 Å². The van der Waals surface area contributed by atoms with Gasteiger partial charge in [0.25, 0.3) is 5.56 Å². The minimum absolute atomic E-state index is 0.0731. The van der Waals surface area contributed by atoms with E-state index in [4.69, 9.17) is 4.74 Å². The van der Waals surface area contributed by atoms with Crippen LogP contribution < -0.4 is 10.3 Å². The Kier molecular flexibility index (Phi) is 5.25. The van der Waals surface area contributed by atoms with Gasteiger partial charge in [0.1, 0.15) is 11.5 Å². The summed E-state index contributed by atoms with van der Waals surface area (Å²) in [6.07, 6.45) is 8.08. The molecule has 0 amide bonds. The van der Waals surface area contributed by atoms with Crippen LogP contribution in [0.2, 0.25) is 0 Å². The predicted molar refractivity (Wildman–Crippen MR) is 125 cm³/mol. The minimum atomic E-state index is -0.0731. The summed E-state index contributed by atoms with van der Waals surface area (Å²) in [4.78, 5) is 21.9. The molecule has 0 spiro atoms. The van der Waals surface area contributed by atoms with Gasteiger partial charge in [0, 0.05) is 43.8 Å². The van der Waals surface area contributed by atoms with Gasteiger partial charge < -0.3 is 9.30 Å². The van der Waals surface area contributed by atoms with E-state index in [1.54, 1.807) is 29.2 Å². The third-order valence-corrected chi connectivity index (χ3v) is 5.37. The van der Waals surface area contributed by atoms with Crippen molar-refractivity contribution in [2.45, 2.75) is 13.0 Å². The molecule has 0 aliphatic carbocycles. The first-order valence-electron chi connectivity index (χ1n) is 10.4. The lowest BCUT2D eigenvalue weighted by molar-refractivity contribution is 0.483. The van der Waals surface area contributed by atoms with E-state index >= 15 is 0 Å². The molecule has 3 heterocycles. The van der Waals surface area contributed by atoms with Crippen molar-refractivity contribution in [1.82, 2.24) is 19.1 Å². The van der Waals surface area contributed by atoms with E-state index in [2.05, 4.69) is 22.1 Å². The Labute approximate surface area is 185 Å². The van der Waals surface area contributed by atoms with E-state index in [1.165, 1.54) is 5.56 Å². The van der Waals surface area contributed by atoms with Gasteiger partial charge in [0.15, 0.2) is 0 Å². The number of aromatic nitrogens is 4. The molecule has 2 aromatic carbocycles. The van der Waals surface area contributed by atoms with Gasteiger partial charge >= 0.3 is 0 Å². The van der Waals surface area contributed by atoms with Crippen LogP contribution in [0.15, 0.2) is 96.4 Å². The molecule has 158 valence electrons. The Hall–Kier alpha value is -4.19. The van der Waals surface area contributed by atoms with Gasteiger partial charge in [-0.3, -0.25) is 14.3 Å². The summed E-state index contributed by atoms with van der Waals surface area (Å²) < 4.78 is 9.68. The molecule has 0 saturated heterocycles. The summed E-state index contributed by atoms with van der Waals surface area (Å²) >= 11 is 0. The van der Waals surface area contributed by atoms with Gasteiger partial charge in [0.05, 0.1) is 22.9 Å². The van der Waals surface area contributed by atoms with Crippen LogP contribution in [0.1, 0.15) is 5.56 Å². The third kappa shape index (κ3) is 4.16. The van der Waals surface area contributed by atoms with Crippen molar-refractivity contribution in [3.63, 3.8) is 0 Å². The Morgan fingerprint density at radius 1 is 0.938 bits per heavy atom.